The highest BCUT2D eigenvalue weighted by atomic mass is 19.4. The smallest absolute Gasteiger partial charge is 0.359 e. The number of ether oxygens (including phenoxy) is 1. The van der Waals surface area contributed by atoms with E-state index in [0.29, 0.717) is 11.3 Å². The van der Waals surface area contributed by atoms with Gasteiger partial charge in [0.15, 0.2) is 0 Å². The number of nitrogens with one attached hydrogen (secondary N) is 1. The van der Waals surface area contributed by atoms with Crippen LogP contribution < -0.4 is 5.32 Å². The Labute approximate surface area is 124 Å². The number of halogens is 3. The normalized spacial score (nSPS) is 18.3. The number of benzene rings is 2. The Bertz CT molecular complexity index is 713. The lowest BCUT2D eigenvalue weighted by atomic mass is 9.95. The summed E-state index contributed by atoms with van der Waals surface area (Å²) in [5, 5.41) is 2.64. The zero-order valence-electron chi connectivity index (χ0n) is 11.4. The lowest BCUT2D eigenvalue weighted by molar-refractivity contribution is -0.139. The summed E-state index contributed by atoms with van der Waals surface area (Å²) < 4.78 is 45.1. The van der Waals surface area contributed by atoms with E-state index in [1.165, 1.54) is 18.2 Å². The molecule has 0 aromatic heterocycles. The predicted molar refractivity (Wildman–Crippen MR) is 74.3 cm³/mol. The summed E-state index contributed by atoms with van der Waals surface area (Å²) in [5.74, 6) is -0.389. The molecule has 1 N–H and O–H groups in total. The molecule has 0 spiro atoms. The number of carbonyl (C=O) groups is 1. The van der Waals surface area contributed by atoms with Gasteiger partial charge in [-0.25, -0.2) is 0 Å². The van der Waals surface area contributed by atoms with Crippen LogP contribution in [0, 0.1) is 0 Å². The number of amides is 1. The van der Waals surface area contributed by atoms with Crippen molar-refractivity contribution >= 4 is 11.6 Å². The molecular formula is C16H12F3NO2. The molecule has 1 amide bonds. The summed E-state index contributed by atoms with van der Waals surface area (Å²) in [6.07, 6.45) is -5.44. The van der Waals surface area contributed by atoms with Crippen LogP contribution in [0.4, 0.5) is 18.9 Å². The zero-order valence-corrected chi connectivity index (χ0v) is 11.4. The van der Waals surface area contributed by atoms with Crippen molar-refractivity contribution in [3.63, 3.8) is 0 Å². The second-order valence-electron chi connectivity index (χ2n) is 4.91. The van der Waals surface area contributed by atoms with Gasteiger partial charge in [-0.2, -0.15) is 13.2 Å². The van der Waals surface area contributed by atoms with Crippen LogP contribution in [0.5, 0.6) is 0 Å². The minimum Gasteiger partial charge on any atom is -0.359 e. The van der Waals surface area contributed by atoms with Gasteiger partial charge in [-0.05, 0) is 17.7 Å². The fourth-order valence-corrected chi connectivity index (χ4v) is 2.52. The molecule has 0 fully saturated rings. The molecule has 3 nitrogen and oxygen atoms in total. The molecule has 0 radical (unpaired) electrons. The molecule has 0 saturated carbocycles. The molecule has 1 aliphatic heterocycles. The fraction of sp³-hybridized carbons (Fsp3) is 0.188. The van der Waals surface area contributed by atoms with Crippen molar-refractivity contribution in [3.05, 3.63) is 65.2 Å². The maximum atomic E-state index is 13.2. The van der Waals surface area contributed by atoms with E-state index in [2.05, 4.69) is 5.32 Å². The topological polar surface area (TPSA) is 38.3 Å². The first-order chi connectivity index (χ1) is 10.5. The first-order valence-corrected chi connectivity index (χ1v) is 6.63. The lowest BCUT2D eigenvalue weighted by Gasteiger charge is -2.21. The van der Waals surface area contributed by atoms with Crippen LogP contribution in [0.15, 0.2) is 48.5 Å². The Morgan fingerprint density at radius 3 is 2.36 bits per heavy atom. The van der Waals surface area contributed by atoms with Crippen molar-refractivity contribution < 1.29 is 22.7 Å². The minimum absolute atomic E-state index is 0.000972. The summed E-state index contributed by atoms with van der Waals surface area (Å²) in [6.45, 7) is -0.300. The van der Waals surface area contributed by atoms with Crippen LogP contribution in [0.1, 0.15) is 22.8 Å². The summed E-state index contributed by atoms with van der Waals surface area (Å²) in [5.41, 5.74) is 0.208. The Kier molecular flexibility index (Phi) is 3.62. The molecule has 2 aromatic carbocycles. The lowest BCUT2D eigenvalue weighted by Crippen LogP contribution is -2.17. The molecule has 3 rings (SSSR count). The molecule has 22 heavy (non-hydrogen) atoms. The van der Waals surface area contributed by atoms with Gasteiger partial charge in [0.1, 0.15) is 12.7 Å². The highest BCUT2D eigenvalue weighted by molar-refractivity contribution is 5.93. The van der Waals surface area contributed by atoms with Gasteiger partial charge in [0, 0.05) is 11.3 Å². The van der Waals surface area contributed by atoms with Crippen LogP contribution in [0.3, 0.4) is 0 Å². The quantitative estimate of drug-likeness (QED) is 0.871. The zero-order chi connectivity index (χ0) is 15.7. The van der Waals surface area contributed by atoms with Crippen molar-refractivity contribution in [1.29, 1.82) is 0 Å². The van der Waals surface area contributed by atoms with Gasteiger partial charge < -0.3 is 10.1 Å². The van der Waals surface area contributed by atoms with Crippen molar-refractivity contribution in [2.75, 3.05) is 11.9 Å². The Hall–Kier alpha value is -2.34. The first-order valence-electron chi connectivity index (χ1n) is 6.63. The number of rotatable bonds is 1. The molecule has 1 unspecified atom stereocenters. The molecule has 1 aliphatic rings. The molecule has 114 valence electrons. The molecule has 2 aromatic rings. The number of carbonyl (C=O) groups excluding carboxylic acids is 1. The van der Waals surface area contributed by atoms with Crippen LogP contribution >= 0.6 is 0 Å². The van der Waals surface area contributed by atoms with Gasteiger partial charge >= 0.3 is 6.18 Å². The average molecular weight is 307 g/mol. The number of anilines is 1. The third kappa shape index (κ3) is 2.69. The molecule has 1 atom stereocenters. The van der Waals surface area contributed by atoms with Crippen LogP contribution in [-0.4, -0.2) is 12.5 Å². The second kappa shape index (κ2) is 5.46. The highest BCUT2D eigenvalue weighted by Crippen LogP contribution is 2.40. The average Bonchev–Trinajstić information content (AvgIpc) is 2.64. The third-order valence-corrected chi connectivity index (χ3v) is 3.45. The van der Waals surface area contributed by atoms with Gasteiger partial charge in [0.25, 0.3) is 0 Å². The van der Waals surface area contributed by atoms with Gasteiger partial charge in [-0.15, -0.1) is 0 Å². The largest absolute Gasteiger partial charge is 0.416 e. The van der Waals surface area contributed by atoms with Crippen molar-refractivity contribution in [3.8, 4) is 0 Å². The molecular weight excluding hydrogens is 295 g/mol. The van der Waals surface area contributed by atoms with Crippen LogP contribution in [-0.2, 0) is 15.7 Å². The van der Waals surface area contributed by atoms with Crippen molar-refractivity contribution in [1.82, 2.24) is 0 Å². The molecule has 1 heterocycles. The van der Waals surface area contributed by atoms with Crippen molar-refractivity contribution in [2.45, 2.75) is 12.3 Å². The Balaban J connectivity index is 2.15. The highest BCUT2D eigenvalue weighted by Gasteiger charge is 2.36. The molecule has 0 saturated heterocycles. The third-order valence-electron chi connectivity index (χ3n) is 3.45. The van der Waals surface area contributed by atoms with E-state index in [0.717, 1.165) is 6.07 Å². The van der Waals surface area contributed by atoms with Crippen LogP contribution in [0.2, 0.25) is 0 Å². The van der Waals surface area contributed by atoms with E-state index in [-0.39, 0.29) is 18.1 Å². The number of para-hydroxylation sites is 1. The maximum Gasteiger partial charge on any atom is 0.416 e. The Morgan fingerprint density at radius 1 is 1.00 bits per heavy atom. The second-order valence-corrected chi connectivity index (χ2v) is 4.91. The fourth-order valence-electron chi connectivity index (χ4n) is 2.52. The SMILES string of the molecule is O=C1COC(c2ccccc2C(F)(F)F)c2ccccc2N1. The van der Waals surface area contributed by atoms with Crippen LogP contribution in [0.25, 0.3) is 0 Å². The number of hydrogen-bond donors (Lipinski definition) is 1. The number of hydrogen-bond acceptors (Lipinski definition) is 2. The van der Waals surface area contributed by atoms with Gasteiger partial charge in [0.05, 0.1) is 5.56 Å². The summed E-state index contributed by atoms with van der Waals surface area (Å²) in [7, 11) is 0. The van der Waals surface area contributed by atoms with E-state index in [1.54, 1.807) is 24.3 Å². The standard InChI is InChI=1S/C16H12F3NO2/c17-16(18,19)12-7-3-1-5-10(12)15-11-6-2-4-8-13(11)20-14(21)9-22-15/h1-8,15H,9H2,(H,20,21). The Morgan fingerprint density at radius 2 is 1.64 bits per heavy atom. The molecule has 6 heteroatoms. The molecule has 0 bridgehead atoms. The first kappa shape index (κ1) is 14.6. The minimum atomic E-state index is -4.49. The number of fused-ring (bicyclic) bond motifs is 1. The van der Waals surface area contributed by atoms with E-state index >= 15 is 0 Å². The van der Waals surface area contributed by atoms with Crippen molar-refractivity contribution in [2.24, 2.45) is 0 Å². The summed E-state index contributed by atoms with van der Waals surface area (Å²) in [6, 6.07) is 11.9. The monoisotopic (exact) mass is 307 g/mol. The number of alkyl halides is 3. The van der Waals surface area contributed by atoms with E-state index < -0.39 is 17.8 Å². The maximum absolute atomic E-state index is 13.2. The van der Waals surface area contributed by atoms with E-state index in [4.69, 9.17) is 4.74 Å². The van der Waals surface area contributed by atoms with Gasteiger partial charge in [-0.3, -0.25) is 4.79 Å². The van der Waals surface area contributed by atoms with E-state index in [1.807, 2.05) is 0 Å². The summed E-state index contributed by atoms with van der Waals surface area (Å²) >= 11 is 0. The summed E-state index contributed by atoms with van der Waals surface area (Å²) in [4.78, 5) is 11.6. The van der Waals surface area contributed by atoms with E-state index in [9.17, 15) is 18.0 Å². The van der Waals surface area contributed by atoms with Gasteiger partial charge in [-0.1, -0.05) is 36.4 Å². The van der Waals surface area contributed by atoms with Gasteiger partial charge in [0.2, 0.25) is 5.91 Å². The molecule has 0 aliphatic carbocycles. The predicted octanol–water partition coefficient (Wildman–Crippen LogP) is 3.76.